The second kappa shape index (κ2) is 5.32. The van der Waals surface area contributed by atoms with Crippen LogP contribution in [0.15, 0.2) is 30.6 Å². The Morgan fingerprint density at radius 3 is 3.05 bits per heavy atom. The fraction of sp³-hybridized carbons (Fsp3) is 0.471. The van der Waals surface area contributed by atoms with Crippen LogP contribution in [0.2, 0.25) is 0 Å². The molecule has 1 aromatic carbocycles. The smallest absolute Gasteiger partial charge is 0.119 e. The molecule has 0 amide bonds. The lowest BCUT2D eigenvalue weighted by molar-refractivity contribution is 0.292. The number of anilines is 1. The third-order valence-electron chi connectivity index (χ3n) is 4.59. The van der Waals surface area contributed by atoms with E-state index in [-0.39, 0.29) is 0 Å². The lowest BCUT2D eigenvalue weighted by Gasteiger charge is -2.12. The predicted molar refractivity (Wildman–Crippen MR) is 86.3 cm³/mol. The van der Waals surface area contributed by atoms with Crippen LogP contribution < -0.4 is 9.64 Å². The molecule has 2 aromatic rings. The van der Waals surface area contributed by atoms with Crippen molar-refractivity contribution in [2.24, 2.45) is 7.05 Å². The van der Waals surface area contributed by atoms with Crippen LogP contribution in [0.4, 0.5) is 5.69 Å². The van der Waals surface area contributed by atoms with Crippen molar-refractivity contribution in [2.75, 3.05) is 31.6 Å². The Labute approximate surface area is 131 Å². The maximum absolute atomic E-state index is 5.98. The van der Waals surface area contributed by atoms with Crippen molar-refractivity contribution in [3.8, 4) is 5.75 Å². The number of aryl methyl sites for hydroxylation is 1. The van der Waals surface area contributed by atoms with Crippen molar-refractivity contribution in [2.45, 2.75) is 19.0 Å². The summed E-state index contributed by atoms with van der Waals surface area (Å²) in [6, 6.07) is 7.01. The molecule has 3 heterocycles. The highest BCUT2D eigenvalue weighted by Gasteiger charge is 2.34. The van der Waals surface area contributed by atoms with Crippen molar-refractivity contribution in [1.82, 2.24) is 14.7 Å². The first-order valence-corrected chi connectivity index (χ1v) is 7.87. The highest BCUT2D eigenvalue weighted by Crippen LogP contribution is 2.30. The van der Waals surface area contributed by atoms with Crippen LogP contribution in [0.5, 0.6) is 5.75 Å². The average molecular weight is 298 g/mol. The number of ether oxygens (including phenoxy) is 1. The van der Waals surface area contributed by atoms with Gasteiger partial charge in [0.25, 0.3) is 0 Å². The summed E-state index contributed by atoms with van der Waals surface area (Å²) in [4.78, 5) is 4.72. The maximum atomic E-state index is 5.98. The monoisotopic (exact) mass is 298 g/mol. The summed E-state index contributed by atoms with van der Waals surface area (Å²) in [6.45, 7) is 3.97. The molecule has 0 N–H and O–H groups in total. The van der Waals surface area contributed by atoms with E-state index in [4.69, 9.17) is 4.74 Å². The van der Waals surface area contributed by atoms with Crippen molar-refractivity contribution >= 4 is 5.69 Å². The minimum atomic E-state index is 0.538. The number of hydrogen-bond donors (Lipinski definition) is 0. The van der Waals surface area contributed by atoms with Gasteiger partial charge < -0.3 is 9.64 Å². The molecule has 0 bridgehead atoms. The summed E-state index contributed by atoms with van der Waals surface area (Å²) in [5.74, 6) is 1.00. The van der Waals surface area contributed by atoms with E-state index in [9.17, 15) is 0 Å². The number of rotatable bonds is 5. The second-order valence-corrected chi connectivity index (χ2v) is 6.38. The van der Waals surface area contributed by atoms with Gasteiger partial charge in [0.05, 0.1) is 12.2 Å². The third-order valence-corrected chi connectivity index (χ3v) is 4.59. The number of nitrogens with zero attached hydrogens (tertiary/aromatic N) is 4. The molecule has 0 radical (unpaired) electrons. The molecule has 5 heteroatoms. The highest BCUT2D eigenvalue weighted by molar-refractivity contribution is 5.59. The van der Waals surface area contributed by atoms with E-state index in [0.29, 0.717) is 6.04 Å². The van der Waals surface area contributed by atoms with E-state index in [2.05, 4.69) is 46.3 Å². The van der Waals surface area contributed by atoms with Crippen LogP contribution in [0.3, 0.4) is 0 Å². The molecule has 22 heavy (non-hydrogen) atoms. The summed E-state index contributed by atoms with van der Waals surface area (Å²) in [5.41, 5.74) is 4.02. The summed E-state index contributed by atoms with van der Waals surface area (Å²) in [7, 11) is 4.10. The van der Waals surface area contributed by atoms with Crippen molar-refractivity contribution in [3.05, 3.63) is 41.7 Å². The molecule has 1 saturated heterocycles. The molecule has 2 aliphatic heterocycles. The zero-order valence-corrected chi connectivity index (χ0v) is 13.2. The Bertz CT molecular complexity index is 681. The topological polar surface area (TPSA) is 33.3 Å². The first-order valence-electron chi connectivity index (χ1n) is 7.87. The molecule has 0 aliphatic carbocycles. The van der Waals surface area contributed by atoms with E-state index in [0.717, 1.165) is 38.4 Å². The predicted octanol–water partition coefficient (Wildman–Crippen LogP) is 1.68. The van der Waals surface area contributed by atoms with Crippen LogP contribution in [-0.4, -0.2) is 47.5 Å². The van der Waals surface area contributed by atoms with E-state index in [1.807, 2.05) is 17.9 Å². The Kier molecular flexibility index (Phi) is 3.30. The Balaban J connectivity index is 1.29. The van der Waals surface area contributed by atoms with Gasteiger partial charge in [0, 0.05) is 51.2 Å². The summed E-state index contributed by atoms with van der Waals surface area (Å²) < 4.78 is 7.84. The lowest BCUT2D eigenvalue weighted by atomic mass is 10.1. The van der Waals surface area contributed by atoms with Crippen molar-refractivity contribution < 1.29 is 4.74 Å². The molecule has 1 fully saturated rings. The van der Waals surface area contributed by atoms with Gasteiger partial charge in [-0.05, 0) is 30.2 Å². The number of hydrogen-bond acceptors (Lipinski definition) is 4. The van der Waals surface area contributed by atoms with Gasteiger partial charge in [-0.25, -0.2) is 0 Å². The molecule has 0 spiro atoms. The first kappa shape index (κ1) is 13.6. The molecule has 0 saturated carbocycles. The van der Waals surface area contributed by atoms with Crippen molar-refractivity contribution in [1.29, 1.82) is 0 Å². The Morgan fingerprint density at radius 1 is 1.32 bits per heavy atom. The molecule has 116 valence electrons. The van der Waals surface area contributed by atoms with E-state index >= 15 is 0 Å². The fourth-order valence-corrected chi connectivity index (χ4v) is 3.19. The largest absolute Gasteiger partial charge is 0.492 e. The minimum Gasteiger partial charge on any atom is -0.492 e. The molecule has 2 aliphatic rings. The zero-order valence-electron chi connectivity index (χ0n) is 13.2. The summed E-state index contributed by atoms with van der Waals surface area (Å²) >= 11 is 0. The standard InChI is InChI=1S/C17H22N4O/c1-19-6-5-14-7-16(3-4-17(14)19)22-12-15-11-21(15)10-13-8-18-20(2)9-13/h3-4,7-9,15H,5-6,10-12H2,1-2H3. The first-order chi connectivity index (χ1) is 10.7. The fourth-order valence-electron chi connectivity index (χ4n) is 3.19. The molecule has 2 atom stereocenters. The van der Waals surface area contributed by atoms with Crippen LogP contribution in [0.25, 0.3) is 0 Å². The van der Waals surface area contributed by atoms with Crippen LogP contribution >= 0.6 is 0 Å². The average Bonchev–Trinajstić information content (AvgIpc) is 2.95. The molecule has 5 nitrogen and oxygen atoms in total. The van der Waals surface area contributed by atoms with Crippen LogP contribution in [0, 0.1) is 0 Å². The number of aromatic nitrogens is 2. The van der Waals surface area contributed by atoms with E-state index in [1.165, 1.54) is 16.8 Å². The van der Waals surface area contributed by atoms with E-state index < -0.39 is 0 Å². The summed E-state index contributed by atoms with van der Waals surface area (Å²) in [6.07, 6.45) is 5.14. The second-order valence-electron chi connectivity index (χ2n) is 6.38. The Morgan fingerprint density at radius 2 is 2.23 bits per heavy atom. The van der Waals surface area contributed by atoms with Crippen LogP contribution in [-0.2, 0) is 20.0 Å². The van der Waals surface area contributed by atoms with Gasteiger partial charge in [0.1, 0.15) is 12.4 Å². The van der Waals surface area contributed by atoms with Crippen LogP contribution in [0.1, 0.15) is 11.1 Å². The van der Waals surface area contributed by atoms with Gasteiger partial charge in [-0.3, -0.25) is 9.58 Å². The zero-order chi connectivity index (χ0) is 15.1. The quantitative estimate of drug-likeness (QED) is 0.786. The number of benzene rings is 1. The molecule has 4 rings (SSSR count). The molecular weight excluding hydrogens is 276 g/mol. The Hall–Kier alpha value is -2.01. The highest BCUT2D eigenvalue weighted by atomic mass is 16.5. The minimum absolute atomic E-state index is 0.538. The molecule has 1 aromatic heterocycles. The normalized spacial score (nSPS) is 22.7. The lowest BCUT2D eigenvalue weighted by Crippen LogP contribution is -2.12. The number of likely N-dealkylation sites (N-methyl/N-ethyl adjacent to an activating group) is 1. The SMILES string of the molecule is CN1CCc2cc(OCC3CN3Cc3cnn(C)c3)ccc21. The molecular formula is C17H22N4O. The van der Waals surface area contributed by atoms with Gasteiger partial charge in [0.15, 0.2) is 0 Å². The summed E-state index contributed by atoms with van der Waals surface area (Å²) in [5, 5.41) is 4.21. The van der Waals surface area contributed by atoms with Gasteiger partial charge >= 0.3 is 0 Å². The third kappa shape index (κ3) is 2.68. The van der Waals surface area contributed by atoms with Gasteiger partial charge in [-0.15, -0.1) is 0 Å². The molecule has 2 unspecified atom stereocenters. The van der Waals surface area contributed by atoms with Crippen molar-refractivity contribution in [3.63, 3.8) is 0 Å². The van der Waals surface area contributed by atoms with Gasteiger partial charge in [0.2, 0.25) is 0 Å². The van der Waals surface area contributed by atoms with Gasteiger partial charge in [-0.2, -0.15) is 5.10 Å². The van der Waals surface area contributed by atoms with Gasteiger partial charge in [-0.1, -0.05) is 0 Å². The maximum Gasteiger partial charge on any atom is 0.119 e. The van der Waals surface area contributed by atoms with E-state index in [1.54, 1.807) is 0 Å². The number of fused-ring (bicyclic) bond motifs is 1.